The second-order valence-corrected chi connectivity index (χ2v) is 5.32. The van der Waals surface area contributed by atoms with Crippen molar-refractivity contribution in [3.63, 3.8) is 0 Å². The van der Waals surface area contributed by atoms with Gasteiger partial charge >= 0.3 is 11.9 Å². The van der Waals surface area contributed by atoms with E-state index in [0.29, 0.717) is 5.75 Å². The SMILES string of the molecule is COc1ccc(C=CC(=O)c2ccc(OC(C)=O)cc2OC(C)=O)cc1. The van der Waals surface area contributed by atoms with Crippen molar-refractivity contribution in [2.24, 2.45) is 0 Å². The number of ether oxygens (including phenoxy) is 3. The Morgan fingerprint density at radius 1 is 0.846 bits per heavy atom. The van der Waals surface area contributed by atoms with Crippen molar-refractivity contribution in [1.82, 2.24) is 0 Å². The zero-order valence-corrected chi connectivity index (χ0v) is 14.6. The summed E-state index contributed by atoms with van der Waals surface area (Å²) >= 11 is 0. The van der Waals surface area contributed by atoms with Gasteiger partial charge in [-0.1, -0.05) is 18.2 Å². The van der Waals surface area contributed by atoms with Crippen LogP contribution in [0, 0.1) is 0 Å². The number of esters is 2. The molecule has 6 nitrogen and oxygen atoms in total. The van der Waals surface area contributed by atoms with Gasteiger partial charge in [-0.15, -0.1) is 0 Å². The van der Waals surface area contributed by atoms with Gasteiger partial charge in [-0.2, -0.15) is 0 Å². The maximum Gasteiger partial charge on any atom is 0.308 e. The smallest absolute Gasteiger partial charge is 0.308 e. The Labute approximate surface area is 151 Å². The van der Waals surface area contributed by atoms with Crippen molar-refractivity contribution in [3.05, 3.63) is 59.7 Å². The third-order valence-electron chi connectivity index (χ3n) is 3.28. The van der Waals surface area contributed by atoms with E-state index in [1.54, 1.807) is 37.5 Å². The molecule has 0 radical (unpaired) electrons. The molecule has 2 aromatic carbocycles. The fourth-order valence-corrected chi connectivity index (χ4v) is 2.15. The Morgan fingerprint density at radius 3 is 2.04 bits per heavy atom. The van der Waals surface area contributed by atoms with Crippen LogP contribution in [0.1, 0.15) is 29.8 Å². The highest BCUT2D eigenvalue weighted by atomic mass is 16.5. The second-order valence-electron chi connectivity index (χ2n) is 5.32. The van der Waals surface area contributed by atoms with Gasteiger partial charge in [0.15, 0.2) is 5.78 Å². The largest absolute Gasteiger partial charge is 0.497 e. The highest BCUT2D eigenvalue weighted by Gasteiger charge is 2.14. The van der Waals surface area contributed by atoms with Crippen molar-refractivity contribution in [1.29, 1.82) is 0 Å². The third kappa shape index (κ3) is 5.31. The normalized spacial score (nSPS) is 10.4. The summed E-state index contributed by atoms with van der Waals surface area (Å²) in [6, 6.07) is 11.4. The number of hydrogen-bond acceptors (Lipinski definition) is 6. The summed E-state index contributed by atoms with van der Waals surface area (Å²) in [4.78, 5) is 34.8. The van der Waals surface area contributed by atoms with E-state index in [0.717, 1.165) is 5.56 Å². The molecule has 0 bridgehead atoms. The number of ketones is 1. The van der Waals surface area contributed by atoms with E-state index < -0.39 is 11.9 Å². The molecule has 0 amide bonds. The molecule has 0 aromatic heterocycles. The number of carbonyl (C=O) groups is 3. The third-order valence-corrected chi connectivity index (χ3v) is 3.28. The molecule has 0 aliphatic rings. The summed E-state index contributed by atoms with van der Waals surface area (Å²) in [6.45, 7) is 2.47. The predicted octanol–water partition coefficient (Wildman–Crippen LogP) is 3.44. The van der Waals surface area contributed by atoms with Crippen LogP contribution in [-0.4, -0.2) is 24.8 Å². The minimum absolute atomic E-state index is 0.0284. The Bertz CT molecular complexity index is 849. The standard InChI is InChI=1S/C20H18O6/c1-13(21)25-17-9-10-18(20(12-17)26-14(2)22)19(23)11-6-15-4-7-16(24-3)8-5-15/h4-12H,1-3H3. The first-order valence-corrected chi connectivity index (χ1v) is 7.76. The van der Waals surface area contributed by atoms with Gasteiger partial charge in [0.1, 0.15) is 17.2 Å². The Hall–Kier alpha value is -3.41. The Kier molecular flexibility index (Phi) is 6.27. The van der Waals surface area contributed by atoms with Crippen LogP contribution in [0.2, 0.25) is 0 Å². The zero-order valence-electron chi connectivity index (χ0n) is 14.6. The van der Waals surface area contributed by atoms with Crippen molar-refractivity contribution >= 4 is 23.8 Å². The van der Waals surface area contributed by atoms with Crippen molar-refractivity contribution in [3.8, 4) is 17.2 Å². The molecule has 0 saturated carbocycles. The molecule has 0 unspecified atom stereocenters. The molecule has 0 saturated heterocycles. The molecule has 0 spiro atoms. The first-order valence-electron chi connectivity index (χ1n) is 7.76. The van der Waals surface area contributed by atoms with Crippen LogP contribution >= 0.6 is 0 Å². The van der Waals surface area contributed by atoms with Crippen molar-refractivity contribution in [2.75, 3.05) is 7.11 Å². The summed E-state index contributed by atoms with van der Waals surface area (Å²) < 4.78 is 15.1. The van der Waals surface area contributed by atoms with Gasteiger partial charge in [0.25, 0.3) is 0 Å². The molecular formula is C20H18O6. The Balaban J connectivity index is 2.26. The summed E-state index contributed by atoms with van der Waals surface area (Å²) in [5.41, 5.74) is 0.991. The number of hydrogen-bond donors (Lipinski definition) is 0. The lowest BCUT2D eigenvalue weighted by Gasteiger charge is -2.09. The molecule has 0 aliphatic heterocycles. The minimum Gasteiger partial charge on any atom is -0.497 e. The van der Waals surface area contributed by atoms with Crippen LogP contribution in [0.15, 0.2) is 48.5 Å². The highest BCUT2D eigenvalue weighted by molar-refractivity contribution is 6.09. The topological polar surface area (TPSA) is 78.9 Å². The molecular weight excluding hydrogens is 336 g/mol. The molecule has 2 rings (SSSR count). The number of carbonyl (C=O) groups excluding carboxylic acids is 3. The van der Waals surface area contributed by atoms with Gasteiger partial charge in [-0.05, 0) is 35.9 Å². The summed E-state index contributed by atoms with van der Waals surface area (Å²) in [5.74, 6) is -0.529. The van der Waals surface area contributed by atoms with Gasteiger partial charge in [0.05, 0.1) is 12.7 Å². The maximum atomic E-state index is 12.5. The Morgan fingerprint density at radius 2 is 1.46 bits per heavy atom. The van der Waals surface area contributed by atoms with Crippen LogP contribution < -0.4 is 14.2 Å². The maximum absolute atomic E-state index is 12.5. The van der Waals surface area contributed by atoms with Crippen LogP contribution in [0.5, 0.6) is 17.2 Å². The number of allylic oxidation sites excluding steroid dienone is 1. The molecule has 134 valence electrons. The van der Waals surface area contributed by atoms with E-state index in [2.05, 4.69) is 0 Å². The zero-order chi connectivity index (χ0) is 19.1. The molecule has 0 atom stereocenters. The van der Waals surface area contributed by atoms with E-state index in [9.17, 15) is 14.4 Å². The molecule has 0 N–H and O–H groups in total. The molecule has 6 heteroatoms. The minimum atomic E-state index is -0.585. The summed E-state index contributed by atoms with van der Waals surface area (Å²) in [7, 11) is 1.57. The average molecular weight is 354 g/mol. The number of methoxy groups -OCH3 is 1. The lowest BCUT2D eigenvalue weighted by atomic mass is 10.1. The number of rotatable bonds is 6. The van der Waals surface area contributed by atoms with Crippen LogP contribution in [0.3, 0.4) is 0 Å². The lowest BCUT2D eigenvalue weighted by Crippen LogP contribution is -2.08. The first-order chi connectivity index (χ1) is 12.4. The molecule has 0 aliphatic carbocycles. The quantitative estimate of drug-likeness (QED) is 0.342. The van der Waals surface area contributed by atoms with E-state index in [1.165, 1.54) is 38.1 Å². The van der Waals surface area contributed by atoms with Crippen LogP contribution in [0.25, 0.3) is 6.08 Å². The average Bonchev–Trinajstić information content (AvgIpc) is 2.59. The fraction of sp³-hybridized carbons (Fsp3) is 0.150. The summed E-state index contributed by atoms with van der Waals surface area (Å²) in [6.07, 6.45) is 3.01. The summed E-state index contributed by atoms with van der Waals surface area (Å²) in [5, 5.41) is 0. The second kappa shape index (κ2) is 8.62. The molecule has 26 heavy (non-hydrogen) atoms. The van der Waals surface area contributed by atoms with Gasteiger partial charge in [-0.3, -0.25) is 14.4 Å². The monoisotopic (exact) mass is 354 g/mol. The van der Waals surface area contributed by atoms with E-state index in [1.807, 2.05) is 0 Å². The van der Waals surface area contributed by atoms with Gasteiger partial charge in [-0.25, -0.2) is 0 Å². The van der Waals surface area contributed by atoms with E-state index >= 15 is 0 Å². The first kappa shape index (κ1) is 18.9. The van der Waals surface area contributed by atoms with Gasteiger partial charge in [0.2, 0.25) is 0 Å². The highest BCUT2D eigenvalue weighted by Crippen LogP contribution is 2.26. The van der Waals surface area contributed by atoms with Crippen LogP contribution in [-0.2, 0) is 9.59 Å². The van der Waals surface area contributed by atoms with Crippen molar-refractivity contribution in [2.45, 2.75) is 13.8 Å². The van der Waals surface area contributed by atoms with E-state index in [4.69, 9.17) is 14.2 Å². The van der Waals surface area contributed by atoms with Gasteiger partial charge in [0, 0.05) is 19.9 Å². The molecule has 0 fully saturated rings. The predicted molar refractivity (Wildman–Crippen MR) is 95.4 cm³/mol. The molecule has 0 heterocycles. The van der Waals surface area contributed by atoms with Crippen LogP contribution in [0.4, 0.5) is 0 Å². The molecule has 2 aromatic rings. The van der Waals surface area contributed by atoms with Gasteiger partial charge < -0.3 is 14.2 Å². The fourth-order valence-electron chi connectivity index (χ4n) is 2.15. The number of benzene rings is 2. The van der Waals surface area contributed by atoms with Crippen molar-refractivity contribution < 1.29 is 28.6 Å². The van der Waals surface area contributed by atoms with E-state index in [-0.39, 0.29) is 22.8 Å². The lowest BCUT2D eigenvalue weighted by molar-refractivity contribution is -0.132.